The lowest BCUT2D eigenvalue weighted by molar-refractivity contribution is 1.53. The molecule has 1 aromatic carbocycles. The Morgan fingerprint density at radius 1 is 1.54 bits per heavy atom. The van der Waals surface area contributed by atoms with Gasteiger partial charge in [-0.1, -0.05) is 0 Å². The average Bonchev–Trinajstić information content (AvgIpc) is 2.54. The smallest absolute Gasteiger partial charge is 0.0594 e. The summed E-state index contributed by atoms with van der Waals surface area (Å²) < 4.78 is 2.47. The number of nitrogens with two attached hydrogens (primary N) is 1. The highest BCUT2D eigenvalue weighted by molar-refractivity contribution is 14.1. The first-order chi connectivity index (χ1) is 6.24. The first-order valence-corrected chi connectivity index (χ1v) is 6.91. The van der Waals surface area contributed by atoms with Gasteiger partial charge >= 0.3 is 0 Å². The molecule has 0 aliphatic rings. The van der Waals surface area contributed by atoms with Crippen LogP contribution in [0.15, 0.2) is 22.4 Å². The topological polar surface area (TPSA) is 26.0 Å². The Kier molecular flexibility index (Phi) is 2.71. The van der Waals surface area contributed by atoms with Gasteiger partial charge in [-0.25, -0.2) is 0 Å². The van der Waals surface area contributed by atoms with Crippen LogP contribution in [0.25, 0.3) is 10.1 Å². The minimum Gasteiger partial charge on any atom is -0.397 e. The molecule has 2 rings (SSSR count). The molecule has 0 atom stereocenters. The molecule has 1 aromatic heterocycles. The van der Waals surface area contributed by atoms with Crippen molar-refractivity contribution in [3.63, 3.8) is 0 Å². The lowest BCUT2D eigenvalue weighted by atomic mass is 10.2. The van der Waals surface area contributed by atoms with Gasteiger partial charge in [-0.3, -0.25) is 0 Å². The van der Waals surface area contributed by atoms with Gasteiger partial charge in [0.15, 0.2) is 0 Å². The molecule has 0 spiro atoms. The SMILES string of the molecule is CSc1c(N)c(I)cc2sccc12. The Balaban J connectivity index is 2.87. The van der Waals surface area contributed by atoms with Crippen LogP contribution in [0.3, 0.4) is 0 Å². The van der Waals surface area contributed by atoms with Crippen LogP contribution < -0.4 is 5.73 Å². The van der Waals surface area contributed by atoms with Gasteiger partial charge in [0.25, 0.3) is 0 Å². The predicted molar refractivity (Wildman–Crippen MR) is 70.7 cm³/mol. The van der Waals surface area contributed by atoms with Crippen molar-refractivity contribution in [1.82, 2.24) is 0 Å². The van der Waals surface area contributed by atoms with Crippen LogP contribution in [0.5, 0.6) is 0 Å². The summed E-state index contributed by atoms with van der Waals surface area (Å²) in [5, 5.41) is 3.40. The van der Waals surface area contributed by atoms with Gasteiger partial charge in [0, 0.05) is 18.6 Å². The number of halogens is 1. The predicted octanol–water partition coefficient (Wildman–Crippen LogP) is 3.81. The van der Waals surface area contributed by atoms with Crippen LogP contribution in [0.1, 0.15) is 0 Å². The van der Waals surface area contributed by atoms with Gasteiger partial charge in [-0.05, 0) is 46.4 Å². The van der Waals surface area contributed by atoms with Crippen LogP contribution in [0.2, 0.25) is 0 Å². The minimum absolute atomic E-state index is 0.916. The molecule has 1 nitrogen and oxygen atoms in total. The zero-order chi connectivity index (χ0) is 9.42. The summed E-state index contributed by atoms with van der Waals surface area (Å²) in [6, 6.07) is 4.29. The van der Waals surface area contributed by atoms with E-state index < -0.39 is 0 Å². The van der Waals surface area contributed by atoms with Gasteiger partial charge in [-0.15, -0.1) is 23.1 Å². The van der Waals surface area contributed by atoms with E-state index in [2.05, 4.69) is 46.4 Å². The molecule has 0 unspecified atom stereocenters. The van der Waals surface area contributed by atoms with Gasteiger partial charge < -0.3 is 5.73 Å². The van der Waals surface area contributed by atoms with Crippen molar-refractivity contribution < 1.29 is 0 Å². The standard InChI is InChI=1S/C9H8INS2/c1-12-9-5-2-3-13-7(5)4-6(10)8(9)11/h2-4H,11H2,1H3. The second kappa shape index (κ2) is 3.67. The first-order valence-electron chi connectivity index (χ1n) is 3.73. The van der Waals surface area contributed by atoms with E-state index >= 15 is 0 Å². The van der Waals surface area contributed by atoms with Crippen LogP contribution >= 0.6 is 45.7 Å². The van der Waals surface area contributed by atoms with Crippen molar-refractivity contribution in [3.8, 4) is 0 Å². The number of hydrogen-bond acceptors (Lipinski definition) is 3. The lowest BCUT2D eigenvalue weighted by Crippen LogP contribution is -1.92. The molecular weight excluding hydrogens is 313 g/mol. The maximum atomic E-state index is 5.99. The van der Waals surface area contributed by atoms with E-state index in [0.29, 0.717) is 0 Å². The van der Waals surface area contributed by atoms with E-state index in [-0.39, 0.29) is 0 Å². The molecule has 0 bridgehead atoms. The number of thioether (sulfide) groups is 1. The fourth-order valence-corrected chi connectivity index (χ4v) is 3.89. The number of thiophene rings is 1. The van der Waals surface area contributed by atoms with Crippen molar-refractivity contribution in [1.29, 1.82) is 0 Å². The van der Waals surface area contributed by atoms with Crippen LogP contribution in [-0.4, -0.2) is 6.26 Å². The van der Waals surface area contributed by atoms with Crippen LogP contribution in [-0.2, 0) is 0 Å². The van der Waals surface area contributed by atoms with Crippen LogP contribution in [0.4, 0.5) is 5.69 Å². The third-order valence-corrected chi connectivity index (χ3v) is 4.51. The molecular formula is C9H8INS2. The highest BCUT2D eigenvalue weighted by atomic mass is 127. The van der Waals surface area contributed by atoms with Crippen molar-refractivity contribution in [2.24, 2.45) is 0 Å². The summed E-state index contributed by atoms with van der Waals surface area (Å²) in [6.07, 6.45) is 2.07. The lowest BCUT2D eigenvalue weighted by Gasteiger charge is -2.06. The van der Waals surface area contributed by atoms with E-state index in [1.54, 1.807) is 23.1 Å². The van der Waals surface area contributed by atoms with Gasteiger partial charge in [0.2, 0.25) is 0 Å². The second-order valence-corrected chi connectivity index (χ2v) is 5.56. The van der Waals surface area contributed by atoms with E-state index in [9.17, 15) is 0 Å². The third-order valence-electron chi connectivity index (χ3n) is 1.90. The van der Waals surface area contributed by atoms with E-state index in [0.717, 1.165) is 9.26 Å². The highest BCUT2D eigenvalue weighted by Crippen LogP contribution is 2.37. The number of hydrogen-bond donors (Lipinski definition) is 1. The third kappa shape index (κ3) is 1.55. The largest absolute Gasteiger partial charge is 0.397 e. The Bertz CT molecular complexity index is 450. The number of nitrogen functional groups attached to an aromatic ring is 1. The quantitative estimate of drug-likeness (QED) is 0.491. The maximum Gasteiger partial charge on any atom is 0.0594 e. The maximum absolute atomic E-state index is 5.99. The summed E-state index contributed by atoms with van der Waals surface area (Å²) in [4.78, 5) is 1.21. The molecule has 0 saturated carbocycles. The summed E-state index contributed by atoms with van der Waals surface area (Å²) >= 11 is 5.77. The fraction of sp³-hybridized carbons (Fsp3) is 0.111. The zero-order valence-corrected chi connectivity index (χ0v) is 10.8. The molecule has 13 heavy (non-hydrogen) atoms. The first kappa shape index (κ1) is 9.61. The minimum atomic E-state index is 0.916. The van der Waals surface area contributed by atoms with Crippen molar-refractivity contribution in [3.05, 3.63) is 21.1 Å². The van der Waals surface area contributed by atoms with Crippen molar-refractivity contribution >= 4 is 61.5 Å². The Hall–Kier alpha value is 0.0600. The van der Waals surface area contributed by atoms with Crippen LogP contribution in [0, 0.1) is 3.57 Å². The fourth-order valence-electron chi connectivity index (χ4n) is 1.29. The molecule has 68 valence electrons. The number of anilines is 1. The summed E-state index contributed by atoms with van der Waals surface area (Å²) in [7, 11) is 0. The average molecular weight is 321 g/mol. The molecule has 0 radical (unpaired) electrons. The summed E-state index contributed by atoms with van der Waals surface area (Å²) in [6.45, 7) is 0. The van der Waals surface area contributed by atoms with Crippen molar-refractivity contribution in [2.45, 2.75) is 4.90 Å². The zero-order valence-electron chi connectivity index (χ0n) is 7.00. The molecule has 0 aliphatic carbocycles. The summed E-state index contributed by atoms with van der Waals surface area (Å²) in [5.74, 6) is 0. The molecule has 4 heteroatoms. The number of benzene rings is 1. The molecule has 0 amide bonds. The van der Waals surface area contributed by atoms with Gasteiger partial charge in [0.1, 0.15) is 0 Å². The van der Waals surface area contributed by atoms with Gasteiger partial charge in [0.05, 0.1) is 5.69 Å². The molecule has 2 aromatic rings. The van der Waals surface area contributed by atoms with Crippen molar-refractivity contribution in [2.75, 3.05) is 12.0 Å². The highest BCUT2D eigenvalue weighted by Gasteiger charge is 2.08. The van der Waals surface area contributed by atoms with E-state index in [1.807, 2.05) is 0 Å². The Morgan fingerprint density at radius 3 is 3.00 bits per heavy atom. The molecule has 0 fully saturated rings. The Labute approximate surface area is 98.8 Å². The van der Waals surface area contributed by atoms with E-state index in [4.69, 9.17) is 5.73 Å². The van der Waals surface area contributed by atoms with Gasteiger partial charge in [-0.2, -0.15) is 0 Å². The molecule has 2 N–H and O–H groups in total. The second-order valence-electron chi connectivity index (χ2n) is 2.64. The molecule has 0 aliphatic heterocycles. The normalized spacial score (nSPS) is 10.9. The number of fused-ring (bicyclic) bond motifs is 1. The molecule has 0 saturated heterocycles. The monoisotopic (exact) mass is 321 g/mol. The molecule has 1 heterocycles. The summed E-state index contributed by atoms with van der Waals surface area (Å²) in [5.41, 5.74) is 6.91. The Morgan fingerprint density at radius 2 is 2.31 bits per heavy atom. The number of rotatable bonds is 1. The van der Waals surface area contributed by atoms with E-state index in [1.165, 1.54) is 15.0 Å².